The fourth-order valence-electron chi connectivity index (χ4n) is 0.944. The molecule has 0 unspecified atom stereocenters. The van der Waals surface area contributed by atoms with Gasteiger partial charge in [-0.2, -0.15) is 0 Å². The molecular formula is C7H6BBrF2O2. The van der Waals surface area contributed by atoms with Gasteiger partial charge in [-0.1, -0.05) is 6.07 Å². The van der Waals surface area contributed by atoms with Crippen molar-refractivity contribution in [1.29, 1.82) is 0 Å². The Morgan fingerprint density at radius 2 is 1.85 bits per heavy atom. The number of benzene rings is 1. The fourth-order valence-corrected chi connectivity index (χ4v) is 1.23. The summed E-state index contributed by atoms with van der Waals surface area (Å²) in [4.78, 5) is 0. The first-order chi connectivity index (χ1) is 5.95. The lowest BCUT2D eigenvalue weighted by Crippen LogP contribution is -2.34. The second-order valence-corrected chi connectivity index (χ2v) is 3.39. The van der Waals surface area contributed by atoms with Crippen molar-refractivity contribution in [2.75, 3.05) is 0 Å². The van der Waals surface area contributed by atoms with Crippen molar-refractivity contribution in [3.63, 3.8) is 0 Å². The smallest absolute Gasteiger partial charge is 0.423 e. The van der Waals surface area contributed by atoms with E-state index >= 15 is 0 Å². The molecule has 0 fully saturated rings. The lowest BCUT2D eigenvalue weighted by Gasteiger charge is -2.06. The molecule has 0 saturated heterocycles. The average molecular weight is 251 g/mol. The van der Waals surface area contributed by atoms with Crippen molar-refractivity contribution in [3.05, 3.63) is 27.7 Å². The molecule has 2 nitrogen and oxygen atoms in total. The predicted octanol–water partition coefficient (Wildman–Crippen LogP) is 0.716. The number of halogens is 3. The molecule has 0 amide bonds. The molecule has 0 aromatic heterocycles. The lowest BCUT2D eigenvalue weighted by atomic mass is 9.79. The average Bonchev–Trinajstić information content (AvgIpc) is 2.07. The first-order valence-electron chi connectivity index (χ1n) is 3.45. The molecule has 6 heteroatoms. The number of hydrogen-bond acceptors (Lipinski definition) is 2. The van der Waals surface area contributed by atoms with E-state index in [4.69, 9.17) is 10.0 Å². The van der Waals surface area contributed by atoms with Crippen LogP contribution in [-0.4, -0.2) is 17.2 Å². The van der Waals surface area contributed by atoms with Gasteiger partial charge in [-0.15, -0.1) is 0 Å². The third kappa shape index (κ3) is 1.90. The highest BCUT2D eigenvalue weighted by atomic mass is 79.9. The second kappa shape index (κ2) is 3.73. The molecular weight excluding hydrogens is 245 g/mol. The third-order valence-corrected chi connectivity index (χ3v) is 2.61. The minimum Gasteiger partial charge on any atom is -0.423 e. The molecule has 0 saturated carbocycles. The zero-order chi connectivity index (χ0) is 10.2. The van der Waals surface area contributed by atoms with Crippen LogP contribution in [0.15, 0.2) is 10.5 Å². The molecule has 70 valence electrons. The van der Waals surface area contributed by atoms with Crippen molar-refractivity contribution in [2.24, 2.45) is 0 Å². The molecule has 1 rings (SSSR count). The summed E-state index contributed by atoms with van der Waals surface area (Å²) in [6, 6.07) is 1.17. The molecule has 2 N–H and O–H groups in total. The Bertz CT molecular complexity index is 344. The van der Waals surface area contributed by atoms with Crippen LogP contribution in [0.5, 0.6) is 0 Å². The van der Waals surface area contributed by atoms with Gasteiger partial charge in [-0.05, 0) is 28.4 Å². The maximum Gasteiger partial charge on any atom is 0.491 e. The van der Waals surface area contributed by atoms with Gasteiger partial charge < -0.3 is 10.0 Å². The highest BCUT2D eigenvalue weighted by Gasteiger charge is 2.22. The van der Waals surface area contributed by atoms with Gasteiger partial charge in [0.2, 0.25) is 0 Å². The first-order valence-corrected chi connectivity index (χ1v) is 4.24. The monoisotopic (exact) mass is 250 g/mol. The second-order valence-electron chi connectivity index (χ2n) is 2.60. The van der Waals surface area contributed by atoms with E-state index < -0.39 is 24.2 Å². The summed E-state index contributed by atoms with van der Waals surface area (Å²) in [5.74, 6) is -2.35. The minimum absolute atomic E-state index is 0.00519. The number of rotatable bonds is 1. The minimum atomic E-state index is -2.00. The summed E-state index contributed by atoms with van der Waals surface area (Å²) in [5, 5.41) is 17.4. The van der Waals surface area contributed by atoms with Gasteiger partial charge in [-0.25, -0.2) is 8.78 Å². The molecule has 1 aromatic rings. The van der Waals surface area contributed by atoms with Crippen molar-refractivity contribution >= 4 is 28.5 Å². The van der Waals surface area contributed by atoms with Crippen molar-refractivity contribution in [2.45, 2.75) is 6.92 Å². The zero-order valence-electron chi connectivity index (χ0n) is 6.68. The number of aryl methyl sites for hydroxylation is 1. The van der Waals surface area contributed by atoms with Crippen molar-refractivity contribution in [3.8, 4) is 0 Å². The van der Waals surface area contributed by atoms with Crippen molar-refractivity contribution in [1.82, 2.24) is 0 Å². The van der Waals surface area contributed by atoms with Crippen LogP contribution < -0.4 is 5.46 Å². The van der Waals surface area contributed by atoms with Crippen molar-refractivity contribution < 1.29 is 18.8 Å². The molecule has 0 aliphatic heterocycles. The molecule has 0 bridgehead atoms. The van der Waals surface area contributed by atoms with Crippen LogP contribution in [0.1, 0.15) is 5.56 Å². The molecule has 13 heavy (non-hydrogen) atoms. The molecule has 1 aromatic carbocycles. The summed E-state index contributed by atoms with van der Waals surface area (Å²) < 4.78 is 25.9. The zero-order valence-corrected chi connectivity index (χ0v) is 8.27. The Kier molecular flexibility index (Phi) is 3.05. The highest BCUT2D eigenvalue weighted by Crippen LogP contribution is 2.20. The van der Waals surface area contributed by atoms with Crippen LogP contribution in [-0.2, 0) is 0 Å². The van der Waals surface area contributed by atoms with Gasteiger partial charge in [0.1, 0.15) is 0 Å². The van der Waals surface area contributed by atoms with E-state index in [9.17, 15) is 8.78 Å². The summed E-state index contributed by atoms with van der Waals surface area (Å²) in [5.41, 5.74) is -0.0554. The maximum absolute atomic E-state index is 13.0. The van der Waals surface area contributed by atoms with Gasteiger partial charge >= 0.3 is 7.12 Å². The van der Waals surface area contributed by atoms with E-state index in [1.807, 2.05) is 0 Å². The van der Waals surface area contributed by atoms with E-state index in [0.29, 0.717) is 5.56 Å². The van der Waals surface area contributed by atoms with Gasteiger partial charge in [0.25, 0.3) is 0 Å². The first kappa shape index (κ1) is 10.6. The Morgan fingerprint density at radius 1 is 1.31 bits per heavy atom. The van der Waals surface area contributed by atoms with E-state index in [-0.39, 0.29) is 4.47 Å². The highest BCUT2D eigenvalue weighted by molar-refractivity contribution is 9.10. The van der Waals surface area contributed by atoms with Gasteiger partial charge in [-0.3, -0.25) is 0 Å². The molecule has 0 atom stereocenters. The Morgan fingerprint density at radius 3 is 2.31 bits per heavy atom. The quantitative estimate of drug-likeness (QED) is 0.570. The summed E-state index contributed by atoms with van der Waals surface area (Å²) in [6.07, 6.45) is 0. The predicted molar refractivity (Wildman–Crippen MR) is 48.6 cm³/mol. The third-order valence-electron chi connectivity index (χ3n) is 1.64. The molecule has 0 spiro atoms. The largest absolute Gasteiger partial charge is 0.491 e. The van der Waals surface area contributed by atoms with Gasteiger partial charge in [0.15, 0.2) is 11.6 Å². The summed E-state index contributed by atoms with van der Waals surface area (Å²) >= 11 is 2.83. The summed E-state index contributed by atoms with van der Waals surface area (Å²) in [6.45, 7) is 1.53. The number of hydrogen-bond donors (Lipinski definition) is 2. The van der Waals surface area contributed by atoms with Crippen LogP contribution in [0.3, 0.4) is 0 Å². The van der Waals surface area contributed by atoms with E-state index in [0.717, 1.165) is 0 Å². The SMILES string of the molecule is Cc1cc(B(O)O)c(F)c(F)c1Br. The van der Waals surface area contributed by atoms with Crippen LogP contribution in [0, 0.1) is 18.6 Å². The van der Waals surface area contributed by atoms with Crippen LogP contribution in [0.4, 0.5) is 8.78 Å². The van der Waals surface area contributed by atoms with E-state index in [1.54, 1.807) is 0 Å². The fraction of sp³-hybridized carbons (Fsp3) is 0.143. The van der Waals surface area contributed by atoms with E-state index in [2.05, 4.69) is 15.9 Å². The molecule has 0 heterocycles. The Labute approximate surface area is 82.5 Å². The molecule has 0 aliphatic carbocycles. The summed E-state index contributed by atoms with van der Waals surface area (Å²) in [7, 11) is -2.00. The standard InChI is InChI=1S/C7H6BBrF2O2/c1-3-2-4(8(12)13)6(10)7(11)5(3)9/h2,12-13H,1H3. The Hall–Kier alpha value is -0.455. The van der Waals surface area contributed by atoms with Gasteiger partial charge in [0.05, 0.1) is 4.47 Å². The molecule has 0 aliphatic rings. The van der Waals surface area contributed by atoms with Crippen LogP contribution in [0.25, 0.3) is 0 Å². The lowest BCUT2D eigenvalue weighted by molar-refractivity contribution is 0.419. The van der Waals surface area contributed by atoms with E-state index in [1.165, 1.54) is 13.0 Å². The van der Waals surface area contributed by atoms with Crippen LogP contribution >= 0.6 is 15.9 Å². The maximum atomic E-state index is 13.0. The topological polar surface area (TPSA) is 40.5 Å². The Balaban J connectivity index is 3.41. The van der Waals surface area contributed by atoms with Crippen LogP contribution in [0.2, 0.25) is 0 Å². The molecule has 0 radical (unpaired) electrons. The van der Waals surface area contributed by atoms with Gasteiger partial charge in [0, 0.05) is 5.46 Å². The normalized spacial score (nSPS) is 10.3.